The molecule has 7 aromatic rings. The maximum atomic E-state index is 16.2. The number of carbonyl (C=O) groups excluding carboxylic acids is 1. The first kappa shape index (κ1) is 44.9. The van der Waals surface area contributed by atoms with E-state index in [1.54, 1.807) is 31.5 Å². The van der Waals surface area contributed by atoms with E-state index in [1.165, 1.54) is 12.0 Å². The van der Waals surface area contributed by atoms with Crippen molar-refractivity contribution in [3.63, 3.8) is 0 Å². The van der Waals surface area contributed by atoms with Crippen LogP contribution < -0.4 is 10.2 Å². The van der Waals surface area contributed by atoms with Crippen LogP contribution in [0.4, 0.5) is 14.8 Å². The lowest BCUT2D eigenvalue weighted by Gasteiger charge is -2.13. The molecule has 326 valence electrons. The Morgan fingerprint density at radius 3 is 2.11 bits per heavy atom. The highest BCUT2D eigenvalue weighted by molar-refractivity contribution is 5.93. The van der Waals surface area contributed by atoms with Gasteiger partial charge in [-0.25, -0.2) is 19.0 Å². The molecular weight excluding hydrogens is 809 g/mol. The largest absolute Gasteiger partial charge is 0.493 e. The van der Waals surface area contributed by atoms with Gasteiger partial charge in [-0.1, -0.05) is 135 Å². The van der Waals surface area contributed by atoms with Crippen LogP contribution in [0.1, 0.15) is 60.8 Å². The molecule has 0 saturated heterocycles. The molecule has 0 atom stereocenters. The summed E-state index contributed by atoms with van der Waals surface area (Å²) in [5.41, 5.74) is 11.1. The number of hydrazone groups is 1. The van der Waals surface area contributed by atoms with Crippen molar-refractivity contribution < 1.29 is 32.2 Å². The molecule has 7 rings (SSSR count). The first-order valence-corrected chi connectivity index (χ1v) is 21.5. The predicted octanol–water partition coefficient (Wildman–Crippen LogP) is 13.4. The standard InChI is InChI=1S/C54H51F2N3O5/c1-3-51(60)63-35-11-34-62-45-28-21-40(22-29-45)16-15-39-17-23-41(24-18-39)43-27-30-46(44(36-43)37-57-59-54-58-49-13-8-9-14-50(49)64-54)48-32-31-47(52(55)53(48)56)42-25-19-38(20-26-42)12-7-5-4-6-10-33-61-2/h3,8-9,13-32,36-37H,1,4-7,10-12,33-35H2,2H3,(H,58,59)/b16-15+,57-37+. The first-order chi connectivity index (χ1) is 31.4. The number of nitrogens with zero attached hydrogens (tertiary/aromatic N) is 2. The Balaban J connectivity index is 1.06. The number of hydrogen-bond donors (Lipinski definition) is 1. The zero-order chi connectivity index (χ0) is 44.5. The number of methoxy groups -OCH3 is 1. The van der Waals surface area contributed by atoms with Crippen LogP contribution in [0, 0.1) is 11.6 Å². The third-order valence-electron chi connectivity index (χ3n) is 10.7. The molecule has 0 aliphatic heterocycles. The molecule has 0 spiro atoms. The minimum Gasteiger partial charge on any atom is -0.493 e. The molecule has 0 aliphatic rings. The van der Waals surface area contributed by atoms with Gasteiger partial charge in [0.1, 0.15) is 11.3 Å². The Morgan fingerprint density at radius 2 is 1.36 bits per heavy atom. The summed E-state index contributed by atoms with van der Waals surface area (Å²) in [4.78, 5) is 15.6. The number of benzene rings is 6. The van der Waals surface area contributed by atoms with Crippen molar-refractivity contribution in [3.05, 3.63) is 174 Å². The summed E-state index contributed by atoms with van der Waals surface area (Å²) in [7, 11) is 1.73. The van der Waals surface area contributed by atoms with Crippen LogP contribution in [-0.4, -0.2) is 44.1 Å². The number of halogens is 2. The zero-order valence-electron chi connectivity index (χ0n) is 35.9. The monoisotopic (exact) mass is 859 g/mol. The minimum absolute atomic E-state index is 0.116. The zero-order valence-corrected chi connectivity index (χ0v) is 35.9. The van der Waals surface area contributed by atoms with Gasteiger partial charge in [-0.15, -0.1) is 0 Å². The van der Waals surface area contributed by atoms with E-state index in [0.717, 1.165) is 72.8 Å². The number of oxazole rings is 1. The molecular formula is C54H51F2N3O5. The summed E-state index contributed by atoms with van der Waals surface area (Å²) in [5.74, 6) is -1.57. The van der Waals surface area contributed by atoms with Crippen LogP contribution in [0.5, 0.6) is 5.75 Å². The molecule has 0 unspecified atom stereocenters. The molecule has 1 N–H and O–H groups in total. The predicted molar refractivity (Wildman–Crippen MR) is 253 cm³/mol. The van der Waals surface area contributed by atoms with Crippen molar-refractivity contribution in [2.75, 3.05) is 32.4 Å². The van der Waals surface area contributed by atoms with E-state index >= 15 is 8.78 Å². The number of aromatic nitrogens is 1. The van der Waals surface area contributed by atoms with Crippen LogP contribution in [0.15, 0.2) is 150 Å². The second-order valence-corrected chi connectivity index (χ2v) is 15.3. The summed E-state index contributed by atoms with van der Waals surface area (Å²) < 4.78 is 53.8. The van der Waals surface area contributed by atoms with E-state index < -0.39 is 17.6 Å². The Bertz CT molecular complexity index is 2660. The number of anilines is 1. The maximum absolute atomic E-state index is 16.2. The Kier molecular flexibility index (Phi) is 16.0. The number of rotatable bonds is 22. The third-order valence-corrected chi connectivity index (χ3v) is 10.7. The van der Waals surface area contributed by atoms with Crippen molar-refractivity contribution >= 4 is 41.5 Å². The maximum Gasteiger partial charge on any atom is 0.330 e. The van der Waals surface area contributed by atoms with Gasteiger partial charge < -0.3 is 18.6 Å². The number of carbonyl (C=O) groups is 1. The lowest BCUT2D eigenvalue weighted by atomic mass is 9.93. The van der Waals surface area contributed by atoms with E-state index in [0.29, 0.717) is 40.8 Å². The molecule has 6 aromatic carbocycles. The number of fused-ring (bicyclic) bond motifs is 1. The van der Waals surface area contributed by atoms with Gasteiger partial charge in [-0.2, -0.15) is 10.1 Å². The molecule has 0 aliphatic carbocycles. The topological polar surface area (TPSA) is 95.2 Å². The van der Waals surface area contributed by atoms with E-state index in [2.05, 4.69) is 22.1 Å². The van der Waals surface area contributed by atoms with Gasteiger partial charge in [0, 0.05) is 42.9 Å². The smallest absolute Gasteiger partial charge is 0.330 e. The van der Waals surface area contributed by atoms with Gasteiger partial charge >= 0.3 is 12.0 Å². The lowest BCUT2D eigenvalue weighted by molar-refractivity contribution is -0.137. The van der Waals surface area contributed by atoms with Gasteiger partial charge in [0.15, 0.2) is 17.2 Å². The Hall–Kier alpha value is -7.17. The second-order valence-electron chi connectivity index (χ2n) is 15.3. The molecule has 0 saturated carbocycles. The number of nitrogens with one attached hydrogen (secondary N) is 1. The van der Waals surface area contributed by atoms with Gasteiger partial charge in [0.25, 0.3) is 0 Å². The first-order valence-electron chi connectivity index (χ1n) is 21.5. The van der Waals surface area contributed by atoms with Gasteiger partial charge in [0.05, 0.1) is 19.4 Å². The number of hydrogen-bond acceptors (Lipinski definition) is 8. The summed E-state index contributed by atoms with van der Waals surface area (Å²) in [6.45, 7) is 4.88. The number of unbranched alkanes of at least 4 members (excludes halogenated alkanes) is 4. The highest BCUT2D eigenvalue weighted by atomic mass is 19.2. The molecule has 0 amide bonds. The molecule has 1 aromatic heterocycles. The van der Waals surface area contributed by atoms with Gasteiger partial charge in [-0.05, 0) is 88.5 Å². The third kappa shape index (κ3) is 12.3. The van der Waals surface area contributed by atoms with Crippen LogP contribution in [0.2, 0.25) is 0 Å². The number of esters is 1. The Morgan fingerprint density at radius 1 is 0.703 bits per heavy atom. The summed E-state index contributed by atoms with van der Waals surface area (Å²) in [6, 6.07) is 40.0. The molecule has 1 heterocycles. The van der Waals surface area contributed by atoms with Crippen molar-refractivity contribution in [2.45, 2.75) is 44.9 Å². The molecule has 8 nitrogen and oxygen atoms in total. The average Bonchev–Trinajstić information content (AvgIpc) is 3.75. The Labute approximate surface area is 372 Å². The fraction of sp³-hybridized carbons (Fsp3) is 0.204. The van der Waals surface area contributed by atoms with Crippen molar-refractivity contribution in [3.8, 4) is 39.1 Å². The summed E-state index contributed by atoms with van der Waals surface area (Å²) >= 11 is 0. The quantitative estimate of drug-likeness (QED) is 0.0181. The van der Waals surface area contributed by atoms with Crippen molar-refractivity contribution in [1.82, 2.24) is 4.98 Å². The van der Waals surface area contributed by atoms with Gasteiger partial charge in [-0.3, -0.25) is 0 Å². The molecule has 64 heavy (non-hydrogen) atoms. The fourth-order valence-electron chi connectivity index (χ4n) is 7.24. The van der Waals surface area contributed by atoms with Crippen molar-refractivity contribution in [1.29, 1.82) is 0 Å². The SMILES string of the molecule is C=CC(=O)OCCCOc1ccc(/C=C/c2ccc(-c3ccc(-c4ccc(-c5ccc(CCCCCCCOC)cc5)c(F)c4F)c(/C=N/Nc4nc5ccccc5o4)c3)cc2)cc1. The number of para-hydroxylation sites is 2. The van der Waals surface area contributed by atoms with E-state index in [1.807, 2.05) is 121 Å². The average molecular weight is 860 g/mol. The van der Waals surface area contributed by atoms with E-state index in [-0.39, 0.29) is 23.7 Å². The van der Waals surface area contributed by atoms with Crippen LogP contribution in [-0.2, 0) is 20.7 Å². The van der Waals surface area contributed by atoms with E-state index in [4.69, 9.17) is 18.6 Å². The minimum atomic E-state index is -0.939. The van der Waals surface area contributed by atoms with Gasteiger partial charge in [0.2, 0.25) is 0 Å². The van der Waals surface area contributed by atoms with Crippen LogP contribution in [0.25, 0.3) is 56.6 Å². The molecule has 0 radical (unpaired) electrons. The fourth-order valence-corrected chi connectivity index (χ4v) is 7.24. The van der Waals surface area contributed by atoms with Crippen LogP contribution in [0.3, 0.4) is 0 Å². The number of aryl methyl sites for hydroxylation is 1. The normalized spacial score (nSPS) is 11.4. The second kappa shape index (κ2) is 22.8. The molecule has 0 bridgehead atoms. The van der Waals surface area contributed by atoms with Crippen LogP contribution >= 0.6 is 0 Å². The highest BCUT2D eigenvalue weighted by Crippen LogP contribution is 2.35. The molecule has 10 heteroatoms. The summed E-state index contributed by atoms with van der Waals surface area (Å²) in [5, 5.41) is 4.41. The highest BCUT2D eigenvalue weighted by Gasteiger charge is 2.19. The number of ether oxygens (including phenoxy) is 3. The lowest BCUT2D eigenvalue weighted by Crippen LogP contribution is -2.06. The summed E-state index contributed by atoms with van der Waals surface area (Å²) in [6.07, 6.45) is 13.9. The van der Waals surface area contributed by atoms with Crippen molar-refractivity contribution in [2.24, 2.45) is 5.10 Å². The van der Waals surface area contributed by atoms with E-state index in [9.17, 15) is 4.79 Å². The molecule has 0 fully saturated rings.